The van der Waals surface area contributed by atoms with Crippen LogP contribution in [-0.2, 0) is 5.60 Å². The van der Waals surface area contributed by atoms with Crippen LogP contribution < -0.4 is 28.7 Å². The summed E-state index contributed by atoms with van der Waals surface area (Å²) in [7, 11) is 8.26. The standard InChI is InChI=1S/C17H28NO2.HI/c1-18(2,3)13-15-8-5-6-11-17(15,19)14-9-7-10-16(12-14)20-4;/h7,9-10,12,15,19H,5-6,8,11,13H2,1-4H3;1H/q+1;/p-1. The third kappa shape index (κ3) is 4.57. The lowest BCUT2D eigenvalue weighted by molar-refractivity contribution is -0.875. The summed E-state index contributed by atoms with van der Waals surface area (Å²) < 4.78 is 6.20. The maximum absolute atomic E-state index is 11.3. The summed E-state index contributed by atoms with van der Waals surface area (Å²) in [5.41, 5.74) is 0.299. The molecule has 1 aliphatic carbocycles. The van der Waals surface area contributed by atoms with Crippen molar-refractivity contribution in [2.75, 3.05) is 34.8 Å². The number of hydrogen-bond acceptors (Lipinski definition) is 2. The molecule has 21 heavy (non-hydrogen) atoms. The molecule has 2 atom stereocenters. The van der Waals surface area contributed by atoms with E-state index in [1.165, 1.54) is 6.42 Å². The number of benzene rings is 1. The van der Waals surface area contributed by atoms with E-state index in [0.29, 0.717) is 5.92 Å². The van der Waals surface area contributed by atoms with Crippen LogP contribution >= 0.6 is 0 Å². The molecule has 3 nitrogen and oxygen atoms in total. The van der Waals surface area contributed by atoms with Crippen molar-refractivity contribution in [3.63, 3.8) is 0 Å². The summed E-state index contributed by atoms with van der Waals surface area (Å²) in [5, 5.41) is 11.3. The molecular weight excluding hydrogens is 377 g/mol. The van der Waals surface area contributed by atoms with Crippen molar-refractivity contribution in [1.29, 1.82) is 0 Å². The summed E-state index contributed by atoms with van der Waals surface area (Å²) in [4.78, 5) is 0. The smallest absolute Gasteiger partial charge is 0.119 e. The van der Waals surface area contributed by atoms with E-state index >= 15 is 0 Å². The van der Waals surface area contributed by atoms with Gasteiger partial charge in [-0.1, -0.05) is 25.0 Å². The Morgan fingerprint density at radius 2 is 2.00 bits per heavy atom. The lowest BCUT2D eigenvalue weighted by atomic mass is 9.71. The summed E-state index contributed by atoms with van der Waals surface area (Å²) >= 11 is 0. The highest BCUT2D eigenvalue weighted by Crippen LogP contribution is 2.43. The van der Waals surface area contributed by atoms with E-state index in [1.54, 1.807) is 7.11 Å². The molecule has 1 saturated carbocycles. The molecule has 1 aromatic rings. The summed E-state index contributed by atoms with van der Waals surface area (Å²) in [6.07, 6.45) is 4.27. The number of hydrogen-bond donors (Lipinski definition) is 1. The molecule has 0 aliphatic heterocycles. The van der Waals surface area contributed by atoms with Crippen LogP contribution in [0.15, 0.2) is 24.3 Å². The van der Waals surface area contributed by atoms with Gasteiger partial charge in [-0.25, -0.2) is 0 Å². The molecule has 2 rings (SSSR count). The zero-order chi connectivity index (χ0) is 14.8. The van der Waals surface area contributed by atoms with E-state index in [4.69, 9.17) is 4.74 Å². The summed E-state index contributed by atoms with van der Waals surface area (Å²) in [5.74, 6) is 1.13. The summed E-state index contributed by atoms with van der Waals surface area (Å²) in [6.45, 7) is 0.994. The van der Waals surface area contributed by atoms with Gasteiger partial charge in [0.25, 0.3) is 0 Å². The van der Waals surface area contributed by atoms with E-state index in [0.717, 1.165) is 41.6 Å². The highest BCUT2D eigenvalue weighted by molar-refractivity contribution is 5.33. The average Bonchev–Trinajstić information content (AvgIpc) is 2.40. The minimum atomic E-state index is -0.710. The predicted molar refractivity (Wildman–Crippen MR) is 81.7 cm³/mol. The fourth-order valence-corrected chi connectivity index (χ4v) is 3.40. The fourth-order valence-electron chi connectivity index (χ4n) is 3.40. The molecule has 1 fully saturated rings. The Kier molecular flexibility index (Phi) is 6.50. The van der Waals surface area contributed by atoms with E-state index in [9.17, 15) is 5.11 Å². The molecule has 0 spiro atoms. The van der Waals surface area contributed by atoms with Crippen molar-refractivity contribution >= 4 is 0 Å². The molecule has 4 heteroatoms. The first kappa shape index (κ1) is 18.7. The Hall–Kier alpha value is -0.330. The molecule has 2 unspecified atom stereocenters. The van der Waals surface area contributed by atoms with Gasteiger partial charge in [0.1, 0.15) is 5.75 Å². The number of quaternary nitrogens is 1. The minimum absolute atomic E-state index is 0. The van der Waals surface area contributed by atoms with Gasteiger partial charge in [0, 0.05) is 5.92 Å². The van der Waals surface area contributed by atoms with Gasteiger partial charge in [0.15, 0.2) is 0 Å². The molecule has 0 heterocycles. The number of rotatable bonds is 4. The number of aliphatic hydroxyl groups is 1. The zero-order valence-electron chi connectivity index (χ0n) is 13.6. The third-order valence-corrected chi connectivity index (χ3v) is 4.37. The lowest BCUT2D eigenvalue weighted by Crippen LogP contribution is -3.00. The Labute approximate surface area is 145 Å². The van der Waals surface area contributed by atoms with E-state index in [2.05, 4.69) is 21.1 Å². The molecule has 0 saturated heterocycles. The Morgan fingerprint density at radius 1 is 1.29 bits per heavy atom. The molecule has 1 aromatic carbocycles. The van der Waals surface area contributed by atoms with Crippen molar-refractivity contribution in [1.82, 2.24) is 0 Å². The highest BCUT2D eigenvalue weighted by atomic mass is 127. The normalized spacial score (nSPS) is 26.0. The van der Waals surface area contributed by atoms with Crippen molar-refractivity contribution in [2.24, 2.45) is 5.92 Å². The molecule has 0 radical (unpaired) electrons. The van der Waals surface area contributed by atoms with E-state index < -0.39 is 5.60 Å². The summed E-state index contributed by atoms with van der Waals surface area (Å²) in [6, 6.07) is 7.94. The van der Waals surface area contributed by atoms with E-state index in [-0.39, 0.29) is 24.0 Å². The first-order chi connectivity index (χ1) is 9.35. The van der Waals surface area contributed by atoms with Crippen LogP contribution in [0.4, 0.5) is 0 Å². The van der Waals surface area contributed by atoms with Gasteiger partial charge in [-0.2, -0.15) is 0 Å². The van der Waals surface area contributed by atoms with Crippen molar-refractivity contribution < 1.29 is 38.3 Å². The Bertz CT molecular complexity index is 458. The lowest BCUT2D eigenvalue weighted by Gasteiger charge is -2.43. The van der Waals surface area contributed by atoms with Gasteiger partial charge in [-0.3, -0.25) is 0 Å². The fraction of sp³-hybridized carbons (Fsp3) is 0.647. The maximum atomic E-state index is 11.3. The van der Waals surface area contributed by atoms with Crippen LogP contribution in [0.2, 0.25) is 0 Å². The predicted octanol–water partition coefficient (Wildman–Crippen LogP) is -0.217. The van der Waals surface area contributed by atoms with Gasteiger partial charge in [0.2, 0.25) is 0 Å². The van der Waals surface area contributed by atoms with Crippen molar-refractivity contribution in [2.45, 2.75) is 31.3 Å². The second-order valence-corrected chi connectivity index (χ2v) is 7.07. The zero-order valence-corrected chi connectivity index (χ0v) is 15.8. The first-order valence-electron chi connectivity index (χ1n) is 7.52. The Balaban J connectivity index is 0.00000220. The molecule has 120 valence electrons. The van der Waals surface area contributed by atoms with Crippen LogP contribution in [-0.4, -0.2) is 44.4 Å². The maximum Gasteiger partial charge on any atom is 0.119 e. The minimum Gasteiger partial charge on any atom is -1.00 e. The highest BCUT2D eigenvalue weighted by Gasteiger charge is 2.43. The number of methoxy groups -OCH3 is 1. The van der Waals surface area contributed by atoms with Gasteiger partial charge in [-0.05, 0) is 30.5 Å². The molecule has 0 aromatic heterocycles. The van der Waals surface area contributed by atoms with Crippen molar-refractivity contribution in [3.8, 4) is 5.75 Å². The van der Waals surface area contributed by atoms with E-state index in [1.807, 2.05) is 24.3 Å². The van der Waals surface area contributed by atoms with Gasteiger partial charge >= 0.3 is 0 Å². The Morgan fingerprint density at radius 3 is 2.62 bits per heavy atom. The number of halogens is 1. The quantitative estimate of drug-likeness (QED) is 0.555. The van der Waals surface area contributed by atoms with Crippen LogP contribution in [0.3, 0.4) is 0 Å². The molecule has 1 aliphatic rings. The second-order valence-electron chi connectivity index (χ2n) is 7.07. The first-order valence-corrected chi connectivity index (χ1v) is 7.52. The van der Waals surface area contributed by atoms with Gasteiger partial charge < -0.3 is 38.3 Å². The second kappa shape index (κ2) is 7.29. The topological polar surface area (TPSA) is 29.5 Å². The number of ether oxygens (including phenoxy) is 1. The van der Waals surface area contributed by atoms with Crippen LogP contribution in [0, 0.1) is 5.92 Å². The monoisotopic (exact) mass is 405 g/mol. The largest absolute Gasteiger partial charge is 1.00 e. The SMILES string of the molecule is COc1cccc(C2(O)CCCCC2C[N+](C)(C)C)c1.[I-]. The van der Waals surface area contributed by atoms with Crippen molar-refractivity contribution in [3.05, 3.63) is 29.8 Å². The molecule has 1 N–H and O–H groups in total. The molecule has 0 bridgehead atoms. The van der Waals surface area contributed by atoms with Crippen LogP contribution in [0.25, 0.3) is 0 Å². The van der Waals surface area contributed by atoms with Crippen LogP contribution in [0.5, 0.6) is 5.75 Å². The van der Waals surface area contributed by atoms with Crippen LogP contribution in [0.1, 0.15) is 31.2 Å². The molecular formula is C17H28INO2. The average molecular weight is 405 g/mol. The molecule has 0 amide bonds. The third-order valence-electron chi connectivity index (χ3n) is 4.37. The van der Waals surface area contributed by atoms with Gasteiger partial charge in [0.05, 0.1) is 40.4 Å². The van der Waals surface area contributed by atoms with Gasteiger partial charge in [-0.15, -0.1) is 0 Å². The number of nitrogens with zero attached hydrogens (tertiary/aromatic N) is 1.